The van der Waals surface area contributed by atoms with E-state index in [1.165, 1.54) is 0 Å². The predicted molar refractivity (Wildman–Crippen MR) is 136 cm³/mol. The van der Waals surface area contributed by atoms with Gasteiger partial charge in [0.1, 0.15) is 0 Å². The SMILES string of the molecule is Cc1cc(NC(=O)c2cn(CC(C)(C)O)c3ccccc23)ccc1C1=C2C=CC=CC2C(=O)N=N1. The number of nitrogens with one attached hydrogen (secondary N) is 1. The van der Waals surface area contributed by atoms with Crippen molar-refractivity contribution < 1.29 is 14.7 Å². The molecule has 0 saturated heterocycles. The molecule has 3 aromatic rings. The summed E-state index contributed by atoms with van der Waals surface area (Å²) < 4.78 is 1.91. The number of rotatable bonds is 5. The van der Waals surface area contributed by atoms with Crippen molar-refractivity contribution in [3.05, 3.63) is 95.2 Å². The summed E-state index contributed by atoms with van der Waals surface area (Å²) in [6.07, 6.45) is 9.24. The van der Waals surface area contributed by atoms with E-state index in [-0.39, 0.29) is 11.8 Å². The van der Waals surface area contributed by atoms with Crippen molar-refractivity contribution in [3.63, 3.8) is 0 Å². The van der Waals surface area contributed by atoms with Gasteiger partial charge in [-0.25, -0.2) is 0 Å². The highest BCUT2D eigenvalue weighted by Crippen LogP contribution is 2.36. The number of nitrogens with zero attached hydrogens (tertiary/aromatic N) is 3. The van der Waals surface area contributed by atoms with Crippen LogP contribution in [0.1, 0.15) is 35.3 Å². The van der Waals surface area contributed by atoms with Crippen LogP contribution < -0.4 is 5.32 Å². The van der Waals surface area contributed by atoms with Gasteiger partial charge in [0.15, 0.2) is 0 Å². The Morgan fingerprint density at radius 2 is 1.94 bits per heavy atom. The minimum atomic E-state index is -0.915. The molecular weight excluding hydrogens is 440 g/mol. The molecule has 0 saturated carbocycles. The fourth-order valence-corrected chi connectivity index (χ4v) is 4.59. The Kier molecular flexibility index (Phi) is 5.57. The maximum Gasteiger partial charge on any atom is 0.276 e. The summed E-state index contributed by atoms with van der Waals surface area (Å²) in [4.78, 5) is 25.4. The third-order valence-electron chi connectivity index (χ3n) is 6.14. The summed E-state index contributed by atoms with van der Waals surface area (Å²) in [5.41, 5.74) is 4.43. The number of allylic oxidation sites excluding steroid dienone is 3. The number of fused-ring (bicyclic) bond motifs is 2. The van der Waals surface area contributed by atoms with Crippen molar-refractivity contribution in [2.45, 2.75) is 32.9 Å². The fourth-order valence-electron chi connectivity index (χ4n) is 4.59. The largest absolute Gasteiger partial charge is 0.389 e. The first-order chi connectivity index (χ1) is 16.7. The van der Waals surface area contributed by atoms with Crippen LogP contribution in [0.15, 0.2) is 88.8 Å². The molecule has 1 aromatic heterocycles. The average Bonchev–Trinajstić information content (AvgIpc) is 3.17. The van der Waals surface area contributed by atoms with Crippen LogP contribution in [0.2, 0.25) is 0 Å². The monoisotopic (exact) mass is 466 g/mol. The number of hydrogen-bond donors (Lipinski definition) is 2. The maximum absolute atomic E-state index is 13.2. The number of amides is 2. The van der Waals surface area contributed by atoms with Gasteiger partial charge in [-0.05, 0) is 50.1 Å². The molecule has 2 aliphatic rings. The molecule has 35 heavy (non-hydrogen) atoms. The summed E-state index contributed by atoms with van der Waals surface area (Å²) in [5.74, 6) is -0.907. The van der Waals surface area contributed by atoms with Gasteiger partial charge in [-0.2, -0.15) is 0 Å². The van der Waals surface area contributed by atoms with Gasteiger partial charge < -0.3 is 15.0 Å². The number of anilines is 1. The van der Waals surface area contributed by atoms with Gasteiger partial charge in [0.05, 0.1) is 29.3 Å². The van der Waals surface area contributed by atoms with Gasteiger partial charge in [-0.1, -0.05) is 48.6 Å². The molecule has 2 aromatic carbocycles. The molecule has 5 rings (SSSR count). The number of hydrogen-bond acceptors (Lipinski definition) is 4. The van der Waals surface area contributed by atoms with E-state index in [0.29, 0.717) is 23.5 Å². The molecule has 1 aliphatic heterocycles. The van der Waals surface area contributed by atoms with E-state index >= 15 is 0 Å². The van der Waals surface area contributed by atoms with Gasteiger partial charge in [0, 0.05) is 28.4 Å². The Morgan fingerprint density at radius 3 is 2.71 bits per heavy atom. The topological polar surface area (TPSA) is 96.1 Å². The molecule has 1 atom stereocenters. The zero-order valence-corrected chi connectivity index (χ0v) is 19.8. The lowest BCUT2D eigenvalue weighted by atomic mass is 9.88. The van der Waals surface area contributed by atoms with Crippen LogP contribution in [0.25, 0.3) is 16.6 Å². The molecule has 0 fully saturated rings. The minimum absolute atomic E-state index is 0.228. The van der Waals surface area contributed by atoms with Crippen LogP contribution in [0.3, 0.4) is 0 Å². The molecule has 176 valence electrons. The molecule has 0 radical (unpaired) electrons. The zero-order chi connectivity index (χ0) is 24.7. The Hall–Kier alpha value is -4.10. The average molecular weight is 467 g/mol. The number of aryl methyl sites for hydroxylation is 1. The van der Waals surface area contributed by atoms with Gasteiger partial charge in [-0.15, -0.1) is 10.2 Å². The number of aliphatic hydroxyl groups is 1. The predicted octanol–water partition coefficient (Wildman–Crippen LogP) is 5.42. The number of carbonyl (C=O) groups is 2. The van der Waals surface area contributed by atoms with Crippen molar-refractivity contribution in [1.82, 2.24) is 4.57 Å². The lowest BCUT2D eigenvalue weighted by Gasteiger charge is -2.20. The van der Waals surface area contributed by atoms with E-state index in [0.717, 1.165) is 27.6 Å². The number of azo groups is 1. The van der Waals surface area contributed by atoms with Crippen molar-refractivity contribution in [2.75, 3.05) is 5.32 Å². The van der Waals surface area contributed by atoms with E-state index in [1.807, 2.05) is 78.3 Å². The molecule has 0 bridgehead atoms. The van der Waals surface area contributed by atoms with Gasteiger partial charge >= 0.3 is 0 Å². The third kappa shape index (κ3) is 4.38. The quantitative estimate of drug-likeness (QED) is 0.526. The lowest BCUT2D eigenvalue weighted by Crippen LogP contribution is -2.25. The second-order valence-electron chi connectivity index (χ2n) is 9.55. The van der Waals surface area contributed by atoms with E-state index in [2.05, 4.69) is 15.5 Å². The molecule has 7 nitrogen and oxygen atoms in total. The van der Waals surface area contributed by atoms with E-state index in [9.17, 15) is 14.7 Å². The van der Waals surface area contributed by atoms with Crippen LogP contribution in [-0.2, 0) is 11.3 Å². The highest BCUT2D eigenvalue weighted by molar-refractivity contribution is 6.13. The molecular formula is C28H26N4O3. The van der Waals surface area contributed by atoms with E-state index in [4.69, 9.17) is 0 Å². The second-order valence-corrected chi connectivity index (χ2v) is 9.55. The van der Waals surface area contributed by atoms with Crippen LogP contribution in [0.4, 0.5) is 5.69 Å². The smallest absolute Gasteiger partial charge is 0.276 e. The van der Waals surface area contributed by atoms with Crippen LogP contribution in [0.5, 0.6) is 0 Å². The number of benzene rings is 2. The normalized spacial score (nSPS) is 17.3. The molecule has 2 heterocycles. The summed E-state index contributed by atoms with van der Waals surface area (Å²) in [5, 5.41) is 22.1. The Bertz CT molecular complexity index is 1480. The minimum Gasteiger partial charge on any atom is -0.389 e. The molecule has 2 amide bonds. The molecule has 2 N–H and O–H groups in total. The summed E-state index contributed by atoms with van der Waals surface area (Å²) in [6.45, 7) is 5.79. The highest BCUT2D eigenvalue weighted by atomic mass is 16.3. The number of carbonyl (C=O) groups excluding carboxylic acids is 2. The molecule has 1 unspecified atom stereocenters. The Morgan fingerprint density at radius 1 is 1.14 bits per heavy atom. The van der Waals surface area contributed by atoms with Gasteiger partial charge in [0.25, 0.3) is 11.8 Å². The van der Waals surface area contributed by atoms with Crippen LogP contribution in [-0.4, -0.2) is 27.1 Å². The highest BCUT2D eigenvalue weighted by Gasteiger charge is 2.28. The second kappa shape index (κ2) is 8.60. The molecule has 1 aliphatic carbocycles. The zero-order valence-electron chi connectivity index (χ0n) is 19.8. The Labute approximate surface area is 203 Å². The summed E-state index contributed by atoms with van der Waals surface area (Å²) >= 11 is 0. The third-order valence-corrected chi connectivity index (χ3v) is 6.14. The fraction of sp³-hybridized carbons (Fsp3) is 0.214. The molecule has 7 heteroatoms. The first-order valence-corrected chi connectivity index (χ1v) is 11.5. The summed E-state index contributed by atoms with van der Waals surface area (Å²) in [7, 11) is 0. The number of aromatic nitrogens is 1. The van der Waals surface area contributed by atoms with Crippen molar-refractivity contribution in [2.24, 2.45) is 16.1 Å². The van der Waals surface area contributed by atoms with E-state index < -0.39 is 11.5 Å². The standard InChI is InChI=1S/C28H26N4O3/c1-17-14-18(12-13-19(17)25-21-9-4-5-10-22(21)27(34)31-30-25)29-26(33)23-15-32(16-28(2,3)35)24-11-7-6-8-20(23)24/h4-15,22,35H,16H2,1-3H3,(H,29,33). The molecule has 0 spiro atoms. The van der Waals surface area contributed by atoms with Crippen molar-refractivity contribution >= 4 is 34.1 Å². The Balaban J connectivity index is 1.44. The van der Waals surface area contributed by atoms with Crippen molar-refractivity contribution in [3.8, 4) is 0 Å². The van der Waals surface area contributed by atoms with Crippen molar-refractivity contribution in [1.29, 1.82) is 0 Å². The van der Waals surface area contributed by atoms with Gasteiger partial charge in [0.2, 0.25) is 0 Å². The number of para-hydroxylation sites is 1. The van der Waals surface area contributed by atoms with Gasteiger partial charge in [-0.3, -0.25) is 9.59 Å². The van der Waals surface area contributed by atoms with Crippen LogP contribution >= 0.6 is 0 Å². The van der Waals surface area contributed by atoms with Crippen LogP contribution in [0, 0.1) is 12.8 Å². The first kappa shape index (κ1) is 22.7. The first-order valence-electron chi connectivity index (χ1n) is 11.5. The summed E-state index contributed by atoms with van der Waals surface area (Å²) in [6, 6.07) is 13.3. The lowest BCUT2D eigenvalue weighted by molar-refractivity contribution is -0.119. The van der Waals surface area contributed by atoms with E-state index in [1.54, 1.807) is 20.0 Å². The maximum atomic E-state index is 13.2.